The van der Waals surface area contributed by atoms with E-state index in [9.17, 15) is 4.79 Å². The molecular formula is C18H23N3O2. The number of benzene rings is 1. The molecule has 0 aliphatic heterocycles. The van der Waals surface area contributed by atoms with Gasteiger partial charge in [0.15, 0.2) is 0 Å². The zero-order valence-electron chi connectivity index (χ0n) is 13.9. The van der Waals surface area contributed by atoms with E-state index in [-0.39, 0.29) is 5.91 Å². The van der Waals surface area contributed by atoms with Crippen molar-refractivity contribution in [2.75, 3.05) is 26.0 Å². The Balaban J connectivity index is 2.08. The van der Waals surface area contributed by atoms with Crippen molar-refractivity contribution in [2.45, 2.75) is 19.8 Å². The Kier molecular flexibility index (Phi) is 5.97. The third-order valence-corrected chi connectivity index (χ3v) is 3.56. The molecule has 1 N–H and O–H groups in total. The van der Waals surface area contributed by atoms with Crippen LogP contribution in [0.5, 0.6) is 5.75 Å². The number of carbonyl (C=O) groups is 1. The van der Waals surface area contributed by atoms with Gasteiger partial charge in [0.2, 0.25) is 0 Å². The lowest BCUT2D eigenvalue weighted by Gasteiger charge is -2.17. The fourth-order valence-corrected chi connectivity index (χ4v) is 2.17. The van der Waals surface area contributed by atoms with Crippen LogP contribution in [-0.4, -0.2) is 36.5 Å². The smallest absolute Gasteiger partial charge is 0.253 e. The molecule has 122 valence electrons. The summed E-state index contributed by atoms with van der Waals surface area (Å²) < 4.78 is 5.13. The molecule has 0 spiro atoms. The molecule has 0 bridgehead atoms. The van der Waals surface area contributed by atoms with Gasteiger partial charge in [0.05, 0.1) is 7.11 Å². The Morgan fingerprint density at radius 1 is 1.26 bits per heavy atom. The molecule has 0 unspecified atom stereocenters. The summed E-state index contributed by atoms with van der Waals surface area (Å²) in [5.41, 5.74) is 1.52. The zero-order chi connectivity index (χ0) is 16.7. The molecule has 0 aliphatic rings. The van der Waals surface area contributed by atoms with Gasteiger partial charge in [-0.1, -0.05) is 13.3 Å². The molecule has 2 rings (SSSR count). The number of ether oxygens (including phenoxy) is 1. The molecule has 5 nitrogen and oxygen atoms in total. The number of rotatable bonds is 7. The van der Waals surface area contributed by atoms with Gasteiger partial charge in [-0.25, -0.2) is 4.98 Å². The number of unbranched alkanes of at least 4 members (excludes halogenated alkanes) is 1. The molecule has 0 aliphatic carbocycles. The summed E-state index contributed by atoms with van der Waals surface area (Å²) >= 11 is 0. The Hall–Kier alpha value is -2.56. The maximum Gasteiger partial charge on any atom is 0.253 e. The first-order valence-corrected chi connectivity index (χ1v) is 7.76. The average Bonchev–Trinajstić information content (AvgIpc) is 2.60. The summed E-state index contributed by atoms with van der Waals surface area (Å²) in [7, 11) is 3.46. The van der Waals surface area contributed by atoms with Gasteiger partial charge in [0.1, 0.15) is 11.6 Å². The van der Waals surface area contributed by atoms with Gasteiger partial charge in [-0.05, 0) is 42.8 Å². The van der Waals surface area contributed by atoms with Gasteiger partial charge in [0.25, 0.3) is 5.91 Å². The molecule has 0 saturated carbocycles. The van der Waals surface area contributed by atoms with E-state index in [1.807, 2.05) is 31.3 Å². The molecule has 1 amide bonds. The third-order valence-electron chi connectivity index (χ3n) is 3.56. The second-order valence-electron chi connectivity index (χ2n) is 5.36. The Bertz CT molecular complexity index is 641. The first-order valence-electron chi connectivity index (χ1n) is 7.76. The second-order valence-corrected chi connectivity index (χ2v) is 5.36. The number of methoxy groups -OCH3 is 1. The summed E-state index contributed by atoms with van der Waals surface area (Å²) in [5.74, 6) is 1.45. The van der Waals surface area contributed by atoms with Crippen LogP contribution in [0.2, 0.25) is 0 Å². The van der Waals surface area contributed by atoms with Crippen molar-refractivity contribution in [1.29, 1.82) is 0 Å². The fourth-order valence-electron chi connectivity index (χ4n) is 2.17. The highest BCUT2D eigenvalue weighted by atomic mass is 16.5. The van der Waals surface area contributed by atoms with Crippen molar-refractivity contribution in [3.05, 3.63) is 48.2 Å². The van der Waals surface area contributed by atoms with Gasteiger partial charge < -0.3 is 15.0 Å². The van der Waals surface area contributed by atoms with E-state index in [1.165, 1.54) is 0 Å². The lowest BCUT2D eigenvalue weighted by Crippen LogP contribution is -2.27. The number of carbonyl (C=O) groups excluding carboxylic acids is 1. The molecule has 2 aromatic rings. The third kappa shape index (κ3) is 4.71. The Morgan fingerprint density at radius 3 is 2.65 bits per heavy atom. The zero-order valence-corrected chi connectivity index (χ0v) is 13.9. The highest BCUT2D eigenvalue weighted by molar-refractivity contribution is 5.94. The second kappa shape index (κ2) is 8.17. The molecule has 0 fully saturated rings. The minimum Gasteiger partial charge on any atom is -0.497 e. The Morgan fingerprint density at radius 2 is 2.00 bits per heavy atom. The highest BCUT2D eigenvalue weighted by Crippen LogP contribution is 2.19. The number of pyridine rings is 1. The van der Waals surface area contributed by atoms with Crippen LogP contribution in [0.4, 0.5) is 11.5 Å². The van der Waals surface area contributed by atoms with E-state index < -0.39 is 0 Å². The predicted molar refractivity (Wildman–Crippen MR) is 92.4 cm³/mol. The van der Waals surface area contributed by atoms with Crippen LogP contribution in [0, 0.1) is 0 Å². The van der Waals surface area contributed by atoms with Crippen LogP contribution >= 0.6 is 0 Å². The Labute approximate surface area is 137 Å². The number of nitrogens with one attached hydrogen (secondary N) is 1. The number of hydrogen-bond acceptors (Lipinski definition) is 4. The number of aromatic nitrogens is 1. The van der Waals surface area contributed by atoms with Crippen LogP contribution < -0.4 is 10.1 Å². The van der Waals surface area contributed by atoms with E-state index in [4.69, 9.17) is 4.74 Å². The lowest BCUT2D eigenvalue weighted by molar-refractivity contribution is 0.0793. The maximum absolute atomic E-state index is 12.4. The predicted octanol–water partition coefficient (Wildman–Crippen LogP) is 3.71. The monoisotopic (exact) mass is 313 g/mol. The minimum atomic E-state index is 0.0126. The molecule has 0 radical (unpaired) electrons. The largest absolute Gasteiger partial charge is 0.497 e. The van der Waals surface area contributed by atoms with Crippen molar-refractivity contribution in [2.24, 2.45) is 0 Å². The fraction of sp³-hybridized carbons (Fsp3) is 0.333. The first kappa shape index (κ1) is 16.8. The van der Waals surface area contributed by atoms with Crippen molar-refractivity contribution >= 4 is 17.4 Å². The van der Waals surface area contributed by atoms with Gasteiger partial charge in [-0.3, -0.25) is 4.79 Å². The summed E-state index contributed by atoms with van der Waals surface area (Å²) in [6.07, 6.45) is 3.72. The standard InChI is InChI=1S/C18H23N3O2/c1-4-5-12-21(2)18(22)14-10-11-19-17(13-14)20-15-6-8-16(23-3)9-7-15/h6-11,13H,4-5,12H2,1-3H3,(H,19,20). The van der Waals surface area contributed by atoms with Crippen LogP contribution in [0.25, 0.3) is 0 Å². The van der Waals surface area contributed by atoms with Crippen molar-refractivity contribution in [3.63, 3.8) is 0 Å². The minimum absolute atomic E-state index is 0.0126. The topological polar surface area (TPSA) is 54.5 Å². The highest BCUT2D eigenvalue weighted by Gasteiger charge is 2.12. The van der Waals surface area contributed by atoms with Crippen LogP contribution in [0.15, 0.2) is 42.6 Å². The van der Waals surface area contributed by atoms with Crippen molar-refractivity contribution < 1.29 is 9.53 Å². The van der Waals surface area contributed by atoms with Gasteiger partial charge >= 0.3 is 0 Å². The quantitative estimate of drug-likeness (QED) is 0.846. The molecule has 0 saturated heterocycles. The van der Waals surface area contributed by atoms with E-state index >= 15 is 0 Å². The van der Waals surface area contributed by atoms with Gasteiger partial charge in [0, 0.05) is 31.0 Å². The summed E-state index contributed by atoms with van der Waals surface area (Å²) in [4.78, 5) is 18.4. The lowest BCUT2D eigenvalue weighted by atomic mass is 10.2. The van der Waals surface area contributed by atoms with Gasteiger partial charge in [-0.15, -0.1) is 0 Å². The van der Waals surface area contributed by atoms with E-state index in [0.717, 1.165) is 30.8 Å². The van der Waals surface area contributed by atoms with E-state index in [2.05, 4.69) is 17.2 Å². The number of nitrogens with zero attached hydrogens (tertiary/aromatic N) is 2. The molecule has 0 atom stereocenters. The summed E-state index contributed by atoms with van der Waals surface area (Å²) in [6, 6.07) is 11.1. The summed E-state index contributed by atoms with van der Waals surface area (Å²) in [6.45, 7) is 2.88. The van der Waals surface area contributed by atoms with Crippen molar-refractivity contribution in [3.8, 4) is 5.75 Å². The number of amides is 1. The summed E-state index contributed by atoms with van der Waals surface area (Å²) in [5, 5.41) is 3.20. The van der Waals surface area contributed by atoms with Crippen LogP contribution in [0.1, 0.15) is 30.1 Å². The number of hydrogen-bond donors (Lipinski definition) is 1. The average molecular weight is 313 g/mol. The van der Waals surface area contributed by atoms with E-state index in [1.54, 1.807) is 30.3 Å². The molecule has 23 heavy (non-hydrogen) atoms. The molecule has 5 heteroatoms. The van der Waals surface area contributed by atoms with Crippen LogP contribution in [0.3, 0.4) is 0 Å². The molecule has 1 aromatic heterocycles. The SMILES string of the molecule is CCCCN(C)C(=O)c1ccnc(Nc2ccc(OC)cc2)c1. The van der Waals surface area contributed by atoms with Gasteiger partial charge in [-0.2, -0.15) is 0 Å². The van der Waals surface area contributed by atoms with Crippen molar-refractivity contribution in [1.82, 2.24) is 9.88 Å². The molecule has 1 aromatic carbocycles. The number of anilines is 2. The van der Waals surface area contributed by atoms with E-state index in [0.29, 0.717) is 11.4 Å². The molecular weight excluding hydrogens is 290 g/mol. The first-order chi connectivity index (χ1) is 11.1. The molecule has 1 heterocycles. The van der Waals surface area contributed by atoms with Crippen LogP contribution in [-0.2, 0) is 0 Å². The normalized spacial score (nSPS) is 10.2. The maximum atomic E-state index is 12.4.